The van der Waals surface area contributed by atoms with Crippen molar-refractivity contribution >= 4 is 23.4 Å². The van der Waals surface area contributed by atoms with Gasteiger partial charge in [-0.05, 0) is 19.9 Å². The van der Waals surface area contributed by atoms with Crippen molar-refractivity contribution in [2.45, 2.75) is 20.3 Å². The minimum atomic E-state index is -1.27. The van der Waals surface area contributed by atoms with E-state index in [1.54, 1.807) is 4.90 Å². The molecule has 19 heavy (non-hydrogen) atoms. The lowest BCUT2D eigenvalue weighted by atomic mass is 10.3. The Bertz CT molecular complexity index is 422. The Morgan fingerprint density at radius 2 is 2.16 bits per heavy atom. The maximum Gasteiger partial charge on any atom is 0.144 e. The monoisotopic (exact) mass is 285 g/mol. The Morgan fingerprint density at radius 1 is 1.47 bits per heavy atom. The number of aromatic nitrogens is 1. The van der Waals surface area contributed by atoms with Gasteiger partial charge in [0.2, 0.25) is 0 Å². The van der Waals surface area contributed by atoms with E-state index in [1.807, 2.05) is 0 Å². The van der Waals surface area contributed by atoms with Crippen LogP contribution in [0.2, 0.25) is 5.02 Å². The van der Waals surface area contributed by atoms with Crippen molar-refractivity contribution in [2.75, 3.05) is 31.5 Å². The second kappa shape index (κ2) is 7.96. The van der Waals surface area contributed by atoms with Gasteiger partial charge in [-0.3, -0.25) is 0 Å². The van der Waals surface area contributed by atoms with Gasteiger partial charge in [0.05, 0.1) is 30.6 Å². The van der Waals surface area contributed by atoms with Gasteiger partial charge >= 0.3 is 0 Å². The molecule has 6 heteroatoms. The van der Waals surface area contributed by atoms with Crippen molar-refractivity contribution in [3.63, 3.8) is 0 Å². The number of halogens is 1. The number of pyridine rings is 1. The van der Waals surface area contributed by atoms with Gasteiger partial charge in [-0.15, -0.1) is 0 Å². The molecule has 0 radical (unpaired) electrons. The molecule has 0 aromatic carbocycles. The molecule has 0 aliphatic carbocycles. The summed E-state index contributed by atoms with van der Waals surface area (Å²) in [7, 11) is 0. The molecule has 106 valence electrons. The van der Waals surface area contributed by atoms with Crippen LogP contribution in [0, 0.1) is 0 Å². The summed E-state index contributed by atoms with van der Waals surface area (Å²) in [6.07, 6.45) is 2.26. The number of carbonyl (C=O) groups excluding carboxylic acids is 1. The fraction of sp³-hybridized carbons (Fsp3) is 0.538. The first-order valence-corrected chi connectivity index (χ1v) is 6.90. The minimum Gasteiger partial charge on any atom is -0.545 e. The number of carboxylic acid groups (broad SMARTS) is 1. The van der Waals surface area contributed by atoms with Crippen molar-refractivity contribution in [3.05, 3.63) is 22.8 Å². The maximum atomic E-state index is 10.6. The van der Waals surface area contributed by atoms with E-state index in [-0.39, 0.29) is 5.56 Å². The molecule has 0 aliphatic rings. The largest absolute Gasteiger partial charge is 0.545 e. The highest BCUT2D eigenvalue weighted by atomic mass is 35.5. The molecule has 0 aliphatic heterocycles. The van der Waals surface area contributed by atoms with Crippen LogP contribution >= 0.6 is 11.6 Å². The fourth-order valence-electron chi connectivity index (χ4n) is 1.83. The second-order valence-corrected chi connectivity index (χ2v) is 4.74. The standard InChI is InChI=1S/C13H20ClN3O2/c1-3-17(4-2)7-5-6-15-12-11(14)8-10(9-16-12)13(18)19/h8-9H,3-7H2,1-2H3,(H,15,16)(H,18,19). The van der Waals surface area contributed by atoms with E-state index in [1.165, 1.54) is 12.3 Å². The van der Waals surface area contributed by atoms with Gasteiger partial charge in [-0.2, -0.15) is 0 Å². The van der Waals surface area contributed by atoms with Crippen LogP contribution in [0.1, 0.15) is 30.6 Å². The Morgan fingerprint density at radius 3 is 2.68 bits per heavy atom. The van der Waals surface area contributed by atoms with Crippen LogP contribution in [0.4, 0.5) is 5.82 Å². The van der Waals surface area contributed by atoms with E-state index >= 15 is 0 Å². The zero-order valence-electron chi connectivity index (χ0n) is 11.3. The van der Waals surface area contributed by atoms with Gasteiger partial charge in [0, 0.05) is 24.7 Å². The summed E-state index contributed by atoms with van der Waals surface area (Å²) >= 11 is 5.95. The summed E-state index contributed by atoms with van der Waals surface area (Å²) in [5.74, 6) is -0.757. The number of rotatable bonds is 8. The normalized spacial score (nSPS) is 10.7. The van der Waals surface area contributed by atoms with Crippen molar-refractivity contribution in [1.82, 2.24) is 4.98 Å². The van der Waals surface area contributed by atoms with Gasteiger partial charge < -0.3 is 20.1 Å². The Kier molecular flexibility index (Phi) is 6.59. The number of nitrogens with one attached hydrogen (secondary N) is 2. The Balaban J connectivity index is 2.43. The highest BCUT2D eigenvalue weighted by Gasteiger charge is 2.05. The molecule has 0 saturated carbocycles. The third-order valence-corrected chi connectivity index (χ3v) is 3.36. The highest BCUT2D eigenvalue weighted by molar-refractivity contribution is 6.33. The lowest BCUT2D eigenvalue weighted by molar-refractivity contribution is -0.896. The van der Waals surface area contributed by atoms with Gasteiger partial charge in [0.25, 0.3) is 0 Å². The molecule has 1 heterocycles. The zero-order chi connectivity index (χ0) is 14.3. The average Bonchev–Trinajstić information content (AvgIpc) is 2.40. The van der Waals surface area contributed by atoms with Crippen LogP contribution in [0.3, 0.4) is 0 Å². The summed E-state index contributed by atoms with van der Waals surface area (Å²) in [4.78, 5) is 16.2. The third kappa shape index (κ3) is 5.04. The fourth-order valence-corrected chi connectivity index (χ4v) is 2.06. The van der Waals surface area contributed by atoms with Crippen LogP contribution in [0.25, 0.3) is 0 Å². The Hall–Kier alpha value is -1.33. The molecule has 1 aromatic heterocycles. The smallest absolute Gasteiger partial charge is 0.144 e. The van der Waals surface area contributed by atoms with E-state index in [4.69, 9.17) is 11.6 Å². The van der Waals surface area contributed by atoms with E-state index in [0.717, 1.165) is 32.6 Å². The number of carboxylic acids is 1. The predicted molar refractivity (Wildman–Crippen MR) is 73.6 cm³/mol. The SMILES string of the molecule is CC[NH+](CC)CCCNc1ncc(C(=O)[O-])cc1Cl. The van der Waals surface area contributed by atoms with Crippen molar-refractivity contribution < 1.29 is 14.8 Å². The molecule has 2 N–H and O–H groups in total. The summed E-state index contributed by atoms with van der Waals surface area (Å²) in [5, 5.41) is 14.0. The zero-order valence-corrected chi connectivity index (χ0v) is 12.1. The van der Waals surface area contributed by atoms with Crippen molar-refractivity contribution in [1.29, 1.82) is 0 Å². The number of hydrogen-bond donors (Lipinski definition) is 2. The topological polar surface area (TPSA) is 69.5 Å². The molecule has 0 saturated heterocycles. The molecule has 5 nitrogen and oxygen atoms in total. The highest BCUT2D eigenvalue weighted by Crippen LogP contribution is 2.19. The second-order valence-electron chi connectivity index (χ2n) is 4.33. The van der Waals surface area contributed by atoms with Crippen LogP contribution in [0.5, 0.6) is 0 Å². The van der Waals surface area contributed by atoms with E-state index < -0.39 is 5.97 Å². The maximum absolute atomic E-state index is 10.6. The lowest BCUT2D eigenvalue weighted by Gasteiger charge is -2.15. The minimum absolute atomic E-state index is 0.0110. The summed E-state index contributed by atoms with van der Waals surface area (Å²) in [5.41, 5.74) is -0.0110. The quantitative estimate of drug-likeness (QED) is 0.651. The summed E-state index contributed by atoms with van der Waals surface area (Å²) in [6.45, 7) is 8.44. The Labute approximate surface area is 118 Å². The first-order valence-electron chi connectivity index (χ1n) is 6.52. The van der Waals surface area contributed by atoms with Gasteiger partial charge in [-0.1, -0.05) is 11.6 Å². The van der Waals surface area contributed by atoms with E-state index in [9.17, 15) is 9.90 Å². The predicted octanol–water partition coefficient (Wildman–Crippen LogP) is -0.175. The van der Waals surface area contributed by atoms with Gasteiger partial charge in [0.15, 0.2) is 0 Å². The third-order valence-electron chi connectivity index (χ3n) is 3.08. The number of carbonyl (C=O) groups is 1. The van der Waals surface area contributed by atoms with Gasteiger partial charge in [0.1, 0.15) is 5.82 Å². The molecular weight excluding hydrogens is 266 g/mol. The van der Waals surface area contributed by atoms with Crippen molar-refractivity contribution in [2.24, 2.45) is 0 Å². The van der Waals surface area contributed by atoms with Crippen LogP contribution in [0.15, 0.2) is 12.3 Å². The molecule has 0 amide bonds. The molecular formula is C13H20ClN3O2. The molecule has 1 rings (SSSR count). The molecule has 1 aromatic rings. The number of anilines is 1. The number of nitrogens with zero attached hydrogens (tertiary/aromatic N) is 1. The lowest BCUT2D eigenvalue weighted by Crippen LogP contribution is -3.11. The van der Waals surface area contributed by atoms with Crippen LogP contribution in [-0.2, 0) is 0 Å². The molecule has 0 fully saturated rings. The summed E-state index contributed by atoms with van der Waals surface area (Å²) < 4.78 is 0. The first-order chi connectivity index (χ1) is 9.08. The molecule has 0 bridgehead atoms. The van der Waals surface area contributed by atoms with Crippen molar-refractivity contribution in [3.8, 4) is 0 Å². The number of aromatic carboxylic acids is 1. The summed E-state index contributed by atoms with van der Waals surface area (Å²) in [6, 6.07) is 1.35. The number of hydrogen-bond acceptors (Lipinski definition) is 4. The first kappa shape index (κ1) is 15.7. The molecule has 0 atom stereocenters. The molecule has 0 spiro atoms. The van der Waals surface area contributed by atoms with Crippen LogP contribution in [-0.4, -0.2) is 37.1 Å². The van der Waals surface area contributed by atoms with E-state index in [2.05, 4.69) is 24.1 Å². The number of quaternary nitrogens is 1. The van der Waals surface area contributed by atoms with Crippen LogP contribution < -0.4 is 15.3 Å². The molecule has 0 unspecified atom stereocenters. The van der Waals surface area contributed by atoms with Gasteiger partial charge in [-0.25, -0.2) is 4.98 Å². The van der Waals surface area contributed by atoms with E-state index in [0.29, 0.717) is 10.8 Å². The average molecular weight is 286 g/mol.